The number of nitrogens with zero attached hydrogens (tertiary/aromatic N) is 1. The van der Waals surface area contributed by atoms with Gasteiger partial charge in [-0.1, -0.05) is 6.07 Å². The van der Waals surface area contributed by atoms with Crippen molar-refractivity contribution in [2.75, 3.05) is 26.4 Å². The largest absolute Gasteiger partial charge is 0.494 e. The molecular formula is C17H26FNO2S2. The van der Waals surface area contributed by atoms with E-state index in [1.807, 2.05) is 13.0 Å². The zero-order valence-electron chi connectivity index (χ0n) is 13.5. The molecule has 2 aliphatic rings. The summed E-state index contributed by atoms with van der Waals surface area (Å²) >= 11 is 0. The molecule has 2 heterocycles. The van der Waals surface area contributed by atoms with Crippen molar-refractivity contribution in [2.24, 2.45) is 5.92 Å². The molecule has 0 saturated carbocycles. The van der Waals surface area contributed by atoms with Crippen LogP contribution in [0.4, 0.5) is 4.39 Å². The van der Waals surface area contributed by atoms with Crippen LogP contribution in [-0.2, 0) is 11.2 Å². The van der Waals surface area contributed by atoms with Crippen molar-refractivity contribution < 1.29 is 13.9 Å². The number of carbonyl (C=O) groups excluding carboxylic acids is 1. The molecule has 0 aliphatic carbocycles. The van der Waals surface area contributed by atoms with Crippen LogP contribution in [0, 0.1) is 5.92 Å². The van der Waals surface area contributed by atoms with Gasteiger partial charge in [-0.05, 0) is 43.0 Å². The van der Waals surface area contributed by atoms with Crippen LogP contribution in [0.5, 0.6) is 5.75 Å². The molecule has 1 aromatic rings. The standard InChI is InChI=1S/C17H22FNO2.2H2S/c1-2-21-14-3-4-15-12(9-14)6-8-19-11-13(5-7-18)17(20)10-16(15)19;;/h3-4,9,13,16H,2,5-8,10-11H2,1H3;2*1H2/t13-,16-;;/m0../s1/i18+0;;. The molecule has 0 bridgehead atoms. The Kier molecular flexibility index (Phi) is 7.90. The maximum absolute atomic E-state index is 12.5. The maximum atomic E-state index is 12.5. The number of hydrogen-bond acceptors (Lipinski definition) is 3. The van der Waals surface area contributed by atoms with E-state index >= 15 is 0 Å². The Morgan fingerprint density at radius 1 is 1.35 bits per heavy atom. The first-order valence-corrected chi connectivity index (χ1v) is 7.81. The number of alkyl halides is 1. The fourth-order valence-corrected chi connectivity index (χ4v) is 3.58. The van der Waals surface area contributed by atoms with E-state index in [4.69, 9.17) is 4.74 Å². The zero-order chi connectivity index (χ0) is 14.8. The van der Waals surface area contributed by atoms with Gasteiger partial charge in [-0.15, -0.1) is 0 Å². The highest BCUT2D eigenvalue weighted by atomic mass is 32.1. The first-order chi connectivity index (χ1) is 10.2. The second kappa shape index (κ2) is 8.94. The molecule has 130 valence electrons. The lowest BCUT2D eigenvalue weighted by Gasteiger charge is -2.42. The second-order valence-corrected chi connectivity index (χ2v) is 5.90. The molecule has 3 rings (SSSR count). The molecule has 1 fully saturated rings. The van der Waals surface area contributed by atoms with E-state index in [2.05, 4.69) is 17.0 Å². The van der Waals surface area contributed by atoms with Gasteiger partial charge in [0.2, 0.25) is 0 Å². The van der Waals surface area contributed by atoms with Crippen LogP contribution >= 0.6 is 27.0 Å². The van der Waals surface area contributed by atoms with Crippen molar-refractivity contribution >= 4 is 32.8 Å². The first-order valence-electron chi connectivity index (χ1n) is 7.81. The normalized spacial score (nSPS) is 23.1. The smallest absolute Gasteiger partial charge is 0.139 e. The SMILES string of the molecule is CCOc1ccc2c(c1)CCN1C[C@H](CC[19F])C(=O)C[C@@H]21.S.S. The van der Waals surface area contributed by atoms with Crippen molar-refractivity contribution in [3.8, 4) is 5.75 Å². The summed E-state index contributed by atoms with van der Waals surface area (Å²) in [6, 6.07) is 6.37. The summed E-state index contributed by atoms with van der Waals surface area (Å²) in [4.78, 5) is 14.6. The van der Waals surface area contributed by atoms with Gasteiger partial charge in [0.25, 0.3) is 0 Å². The lowest BCUT2D eigenvalue weighted by atomic mass is 9.82. The molecule has 0 radical (unpaired) electrons. The Morgan fingerprint density at radius 2 is 2.13 bits per heavy atom. The molecule has 2 atom stereocenters. The predicted octanol–water partition coefficient (Wildman–Crippen LogP) is 3.16. The number of fused-ring (bicyclic) bond motifs is 3. The lowest BCUT2D eigenvalue weighted by molar-refractivity contribution is -0.129. The molecule has 23 heavy (non-hydrogen) atoms. The monoisotopic (exact) mass is 359 g/mol. The first kappa shape index (κ1) is 20.3. The van der Waals surface area contributed by atoms with E-state index in [0.717, 1.165) is 18.7 Å². The lowest BCUT2D eigenvalue weighted by Crippen LogP contribution is -2.46. The minimum absolute atomic E-state index is 0. The number of hydrogen-bond donors (Lipinski definition) is 0. The Labute approximate surface area is 151 Å². The Hall–Kier alpha value is -0.720. The molecule has 0 N–H and O–H groups in total. The number of carbonyl (C=O) groups is 1. The molecule has 1 saturated heterocycles. The van der Waals surface area contributed by atoms with Crippen LogP contribution in [0.25, 0.3) is 0 Å². The molecular weight excluding hydrogens is 333 g/mol. The summed E-state index contributed by atoms with van der Waals surface area (Å²) in [7, 11) is 0. The van der Waals surface area contributed by atoms with Crippen molar-refractivity contribution in [1.29, 1.82) is 0 Å². The highest BCUT2D eigenvalue weighted by molar-refractivity contribution is 7.59. The highest BCUT2D eigenvalue weighted by Crippen LogP contribution is 2.38. The van der Waals surface area contributed by atoms with Gasteiger partial charge in [0.05, 0.1) is 13.3 Å². The summed E-state index contributed by atoms with van der Waals surface area (Å²) in [5, 5.41) is 0. The zero-order valence-corrected chi connectivity index (χ0v) is 15.5. The topological polar surface area (TPSA) is 29.5 Å². The quantitative estimate of drug-likeness (QED) is 0.827. The number of halogens is 1. The van der Waals surface area contributed by atoms with Crippen LogP contribution in [0.1, 0.15) is 36.9 Å². The minimum Gasteiger partial charge on any atom is -0.494 e. The Bertz CT molecular complexity index is 541. The molecule has 3 nitrogen and oxygen atoms in total. The van der Waals surface area contributed by atoms with Gasteiger partial charge < -0.3 is 4.74 Å². The number of ketones is 1. The van der Waals surface area contributed by atoms with E-state index in [1.54, 1.807) is 0 Å². The number of piperidine rings is 1. The van der Waals surface area contributed by atoms with Crippen LogP contribution in [0.15, 0.2) is 18.2 Å². The van der Waals surface area contributed by atoms with E-state index in [0.29, 0.717) is 26.0 Å². The van der Waals surface area contributed by atoms with Gasteiger partial charge in [0, 0.05) is 31.5 Å². The third-order valence-electron chi connectivity index (χ3n) is 4.66. The summed E-state index contributed by atoms with van der Waals surface area (Å²) in [5.41, 5.74) is 2.54. The third-order valence-corrected chi connectivity index (χ3v) is 4.66. The molecule has 0 unspecified atom stereocenters. The van der Waals surface area contributed by atoms with Gasteiger partial charge in [0.1, 0.15) is 11.5 Å². The fourth-order valence-electron chi connectivity index (χ4n) is 3.58. The maximum Gasteiger partial charge on any atom is 0.139 e. The van der Waals surface area contributed by atoms with Crippen LogP contribution in [0.2, 0.25) is 0 Å². The van der Waals surface area contributed by atoms with Gasteiger partial charge in [0.15, 0.2) is 0 Å². The van der Waals surface area contributed by atoms with Crippen LogP contribution in [0.3, 0.4) is 0 Å². The Morgan fingerprint density at radius 3 is 2.83 bits per heavy atom. The minimum atomic E-state index is -0.400. The molecule has 0 aromatic heterocycles. The van der Waals surface area contributed by atoms with Crippen molar-refractivity contribution in [3.63, 3.8) is 0 Å². The molecule has 0 spiro atoms. The molecule has 6 heteroatoms. The second-order valence-electron chi connectivity index (χ2n) is 5.90. The fraction of sp³-hybridized carbons (Fsp3) is 0.588. The molecule has 0 amide bonds. The number of benzene rings is 1. The van der Waals surface area contributed by atoms with Gasteiger partial charge >= 0.3 is 0 Å². The average molecular weight is 360 g/mol. The van der Waals surface area contributed by atoms with Gasteiger partial charge in [-0.2, -0.15) is 27.0 Å². The average Bonchev–Trinajstić information content (AvgIpc) is 2.48. The number of Topliss-reactive ketones (excluding diaryl/α,β-unsaturated/α-hetero) is 1. The number of ether oxygens (including phenoxy) is 1. The summed E-state index contributed by atoms with van der Waals surface area (Å²) in [5.74, 6) is 1.01. The van der Waals surface area contributed by atoms with Crippen LogP contribution < -0.4 is 4.74 Å². The van der Waals surface area contributed by atoms with E-state index in [9.17, 15) is 9.18 Å². The predicted molar refractivity (Wildman–Crippen MR) is 100 cm³/mol. The highest BCUT2D eigenvalue weighted by Gasteiger charge is 2.37. The van der Waals surface area contributed by atoms with Crippen molar-refractivity contribution in [3.05, 3.63) is 29.3 Å². The van der Waals surface area contributed by atoms with Crippen molar-refractivity contribution in [1.82, 2.24) is 4.90 Å². The number of rotatable bonds is 4. The molecule has 1 aromatic carbocycles. The van der Waals surface area contributed by atoms with E-state index in [-0.39, 0.29) is 44.7 Å². The molecule has 2 aliphatic heterocycles. The third kappa shape index (κ3) is 4.22. The van der Waals surface area contributed by atoms with Gasteiger partial charge in [-0.3, -0.25) is 14.1 Å². The summed E-state index contributed by atoms with van der Waals surface area (Å²) in [6.07, 6.45) is 1.87. The Balaban J connectivity index is 0.00000132. The van der Waals surface area contributed by atoms with Crippen molar-refractivity contribution in [2.45, 2.75) is 32.2 Å². The summed E-state index contributed by atoms with van der Waals surface area (Å²) < 4.78 is 18.1. The summed E-state index contributed by atoms with van der Waals surface area (Å²) in [6.45, 7) is 3.90. The van der Waals surface area contributed by atoms with E-state index in [1.165, 1.54) is 11.1 Å². The van der Waals surface area contributed by atoms with Crippen LogP contribution in [-0.4, -0.2) is 37.1 Å². The van der Waals surface area contributed by atoms with E-state index < -0.39 is 6.67 Å². The van der Waals surface area contributed by atoms with Gasteiger partial charge in [-0.25, -0.2) is 0 Å².